The van der Waals surface area contributed by atoms with Crippen molar-refractivity contribution in [1.29, 1.82) is 0 Å². The first kappa shape index (κ1) is 12.7. The fourth-order valence-electron chi connectivity index (χ4n) is 2.07. The molecule has 1 saturated heterocycles. The van der Waals surface area contributed by atoms with E-state index in [2.05, 4.69) is 45.5 Å². The molecule has 0 radical (unpaired) electrons. The molecule has 0 aliphatic carbocycles. The third kappa shape index (κ3) is 3.13. The van der Waals surface area contributed by atoms with Crippen molar-refractivity contribution in [1.82, 2.24) is 20.5 Å². The zero-order chi connectivity index (χ0) is 12.3. The molecule has 17 heavy (non-hydrogen) atoms. The van der Waals surface area contributed by atoms with Crippen LogP contribution >= 0.6 is 11.8 Å². The average Bonchev–Trinajstić information content (AvgIpc) is 2.78. The number of rotatable bonds is 4. The molecule has 0 saturated carbocycles. The van der Waals surface area contributed by atoms with Crippen molar-refractivity contribution in [2.75, 3.05) is 36.5 Å². The largest absolute Gasteiger partial charge is 0.337 e. The molecular formula is C11H21N5S. The monoisotopic (exact) mass is 255 g/mol. The van der Waals surface area contributed by atoms with Crippen molar-refractivity contribution in [3.8, 4) is 0 Å². The fraction of sp³-hybridized carbons (Fsp3) is 0.818. The number of aromatic amines is 1. The standard InChI is InChI=1S/C11H21N5S/c1-8(7-17-3)10-13-11(15-14-10)16-5-4-12-9(2)6-16/h8-9,12H,4-7H2,1-3H3,(H,13,14,15). The van der Waals surface area contributed by atoms with E-state index in [1.54, 1.807) is 0 Å². The van der Waals surface area contributed by atoms with E-state index in [0.717, 1.165) is 37.2 Å². The van der Waals surface area contributed by atoms with Gasteiger partial charge in [0.15, 0.2) is 0 Å². The van der Waals surface area contributed by atoms with Crippen molar-refractivity contribution < 1.29 is 0 Å². The highest BCUT2D eigenvalue weighted by Gasteiger charge is 2.20. The summed E-state index contributed by atoms with van der Waals surface area (Å²) in [4.78, 5) is 6.85. The second-order valence-electron chi connectivity index (χ2n) is 4.68. The van der Waals surface area contributed by atoms with E-state index in [1.807, 2.05) is 11.8 Å². The quantitative estimate of drug-likeness (QED) is 0.843. The number of thioether (sulfide) groups is 1. The lowest BCUT2D eigenvalue weighted by Gasteiger charge is -2.30. The van der Waals surface area contributed by atoms with Gasteiger partial charge in [0.25, 0.3) is 0 Å². The molecule has 2 unspecified atom stereocenters. The van der Waals surface area contributed by atoms with Crippen LogP contribution < -0.4 is 10.2 Å². The van der Waals surface area contributed by atoms with Gasteiger partial charge in [0.2, 0.25) is 5.95 Å². The van der Waals surface area contributed by atoms with Crippen LogP contribution in [0.25, 0.3) is 0 Å². The summed E-state index contributed by atoms with van der Waals surface area (Å²) < 4.78 is 0. The van der Waals surface area contributed by atoms with Crippen LogP contribution in [0.3, 0.4) is 0 Å². The summed E-state index contributed by atoms with van der Waals surface area (Å²) in [5.41, 5.74) is 0. The number of nitrogens with one attached hydrogen (secondary N) is 2. The van der Waals surface area contributed by atoms with Crippen molar-refractivity contribution in [3.63, 3.8) is 0 Å². The maximum Gasteiger partial charge on any atom is 0.244 e. The number of hydrogen-bond donors (Lipinski definition) is 2. The fourth-order valence-corrected chi connectivity index (χ4v) is 2.73. The van der Waals surface area contributed by atoms with Crippen LogP contribution in [0.2, 0.25) is 0 Å². The lowest BCUT2D eigenvalue weighted by atomic mass is 10.2. The summed E-state index contributed by atoms with van der Waals surface area (Å²) in [7, 11) is 0. The van der Waals surface area contributed by atoms with E-state index in [9.17, 15) is 0 Å². The molecule has 1 aliphatic rings. The Morgan fingerprint density at radius 2 is 2.41 bits per heavy atom. The highest BCUT2D eigenvalue weighted by Crippen LogP contribution is 2.18. The van der Waals surface area contributed by atoms with Crippen LogP contribution in [0, 0.1) is 0 Å². The normalized spacial score (nSPS) is 22.8. The number of aromatic nitrogens is 3. The minimum atomic E-state index is 0.437. The number of piperazine rings is 1. The van der Waals surface area contributed by atoms with Crippen molar-refractivity contribution >= 4 is 17.7 Å². The number of anilines is 1. The molecule has 2 atom stereocenters. The van der Waals surface area contributed by atoms with Crippen LogP contribution in [0.15, 0.2) is 0 Å². The van der Waals surface area contributed by atoms with Gasteiger partial charge in [-0.05, 0) is 13.2 Å². The van der Waals surface area contributed by atoms with Gasteiger partial charge in [-0.1, -0.05) is 6.92 Å². The Balaban J connectivity index is 2.02. The van der Waals surface area contributed by atoms with Crippen molar-refractivity contribution in [3.05, 3.63) is 5.82 Å². The van der Waals surface area contributed by atoms with Crippen LogP contribution in [-0.2, 0) is 0 Å². The predicted octanol–water partition coefficient (Wildman–Crippen LogP) is 1.07. The van der Waals surface area contributed by atoms with Crippen LogP contribution in [0.5, 0.6) is 0 Å². The van der Waals surface area contributed by atoms with Crippen LogP contribution in [-0.4, -0.2) is 52.9 Å². The summed E-state index contributed by atoms with van der Waals surface area (Å²) in [5, 5.41) is 10.8. The van der Waals surface area contributed by atoms with Gasteiger partial charge < -0.3 is 10.2 Å². The van der Waals surface area contributed by atoms with E-state index >= 15 is 0 Å². The summed E-state index contributed by atoms with van der Waals surface area (Å²) >= 11 is 1.84. The first-order chi connectivity index (χ1) is 8.20. The van der Waals surface area contributed by atoms with Crippen molar-refractivity contribution in [2.24, 2.45) is 0 Å². The summed E-state index contributed by atoms with van der Waals surface area (Å²) in [5.74, 6) is 3.36. The molecule has 0 aromatic carbocycles. The second-order valence-corrected chi connectivity index (χ2v) is 5.59. The van der Waals surface area contributed by atoms with Gasteiger partial charge in [0.1, 0.15) is 5.82 Å². The Morgan fingerprint density at radius 1 is 1.59 bits per heavy atom. The second kappa shape index (κ2) is 5.73. The maximum atomic E-state index is 4.61. The average molecular weight is 255 g/mol. The third-order valence-corrected chi connectivity index (χ3v) is 3.86. The Morgan fingerprint density at radius 3 is 3.12 bits per heavy atom. The number of nitrogens with zero attached hydrogens (tertiary/aromatic N) is 3. The van der Waals surface area contributed by atoms with E-state index in [4.69, 9.17) is 0 Å². The summed E-state index contributed by atoms with van der Waals surface area (Å²) in [6, 6.07) is 0.509. The highest BCUT2D eigenvalue weighted by molar-refractivity contribution is 7.98. The van der Waals surface area contributed by atoms with Crippen LogP contribution in [0.1, 0.15) is 25.6 Å². The molecule has 96 valence electrons. The first-order valence-corrected chi connectivity index (χ1v) is 7.49. The summed E-state index contributed by atoms with van der Waals surface area (Å²) in [6.45, 7) is 7.34. The highest BCUT2D eigenvalue weighted by atomic mass is 32.2. The maximum absolute atomic E-state index is 4.61. The van der Waals surface area contributed by atoms with Gasteiger partial charge in [-0.25, -0.2) is 0 Å². The van der Waals surface area contributed by atoms with Gasteiger partial charge in [-0.2, -0.15) is 16.7 Å². The molecule has 1 aliphatic heterocycles. The molecule has 0 amide bonds. The van der Waals surface area contributed by atoms with Crippen molar-refractivity contribution in [2.45, 2.75) is 25.8 Å². The van der Waals surface area contributed by atoms with E-state index < -0.39 is 0 Å². The molecule has 5 nitrogen and oxygen atoms in total. The molecule has 1 aromatic heterocycles. The van der Waals surface area contributed by atoms with E-state index in [0.29, 0.717) is 12.0 Å². The SMILES string of the molecule is CSCC(C)c1nc(N2CCNC(C)C2)n[nH]1. The topological polar surface area (TPSA) is 56.8 Å². The molecule has 6 heteroatoms. The summed E-state index contributed by atoms with van der Waals surface area (Å²) in [6.07, 6.45) is 2.12. The zero-order valence-electron chi connectivity index (χ0n) is 10.7. The van der Waals surface area contributed by atoms with Gasteiger partial charge in [0, 0.05) is 37.3 Å². The minimum absolute atomic E-state index is 0.437. The molecule has 2 N–H and O–H groups in total. The van der Waals surface area contributed by atoms with Gasteiger partial charge >= 0.3 is 0 Å². The number of hydrogen-bond acceptors (Lipinski definition) is 5. The van der Waals surface area contributed by atoms with Gasteiger partial charge in [-0.15, -0.1) is 5.10 Å². The third-order valence-electron chi connectivity index (χ3n) is 3.03. The molecule has 1 fully saturated rings. The van der Waals surface area contributed by atoms with Gasteiger partial charge in [-0.3, -0.25) is 5.10 Å². The Bertz CT molecular complexity index is 353. The lowest BCUT2D eigenvalue weighted by molar-refractivity contribution is 0.479. The number of H-pyrrole nitrogens is 1. The molecule has 0 spiro atoms. The first-order valence-electron chi connectivity index (χ1n) is 6.10. The molecule has 2 heterocycles. The lowest BCUT2D eigenvalue weighted by Crippen LogP contribution is -2.49. The predicted molar refractivity (Wildman–Crippen MR) is 72.9 cm³/mol. The zero-order valence-corrected chi connectivity index (χ0v) is 11.5. The Kier molecular flexibility index (Phi) is 4.28. The molecular weight excluding hydrogens is 234 g/mol. The Labute approximate surface area is 107 Å². The minimum Gasteiger partial charge on any atom is -0.337 e. The Hall–Kier alpha value is -0.750. The molecule has 2 rings (SSSR count). The molecule has 1 aromatic rings. The smallest absolute Gasteiger partial charge is 0.244 e. The van der Waals surface area contributed by atoms with Gasteiger partial charge in [0.05, 0.1) is 0 Å². The van der Waals surface area contributed by atoms with Crippen LogP contribution in [0.4, 0.5) is 5.95 Å². The molecule has 0 bridgehead atoms. The van der Waals surface area contributed by atoms with E-state index in [-0.39, 0.29) is 0 Å². The van der Waals surface area contributed by atoms with E-state index in [1.165, 1.54) is 0 Å².